The number of carbonyl (C=O) groups is 4. The standard InChI is InChI=1S/C30H30N4O4/c1-21(2)27-29(38)34(30(20-35,32-22(3)36)18-23-12-6-4-7-13-23)26(24-14-8-5-9-15-24)19-33(27)28(37)25-16-10-11-17-31-25/h4-17,19-21,27H,18H2,1-3H3,(H,32,36)/t27?,30-/m0/s1. The highest BCUT2D eigenvalue weighted by atomic mass is 16.2. The maximum atomic E-state index is 14.4. The van der Waals surface area contributed by atoms with E-state index in [2.05, 4.69) is 10.3 Å². The van der Waals surface area contributed by atoms with Gasteiger partial charge in [0.05, 0.1) is 5.70 Å². The highest BCUT2D eigenvalue weighted by Crippen LogP contribution is 2.36. The van der Waals surface area contributed by atoms with Gasteiger partial charge in [-0.1, -0.05) is 80.6 Å². The number of nitrogens with zero attached hydrogens (tertiary/aromatic N) is 3. The molecule has 1 aromatic heterocycles. The number of hydrogen-bond donors (Lipinski definition) is 1. The number of rotatable bonds is 8. The maximum Gasteiger partial charge on any atom is 0.277 e. The third-order valence-corrected chi connectivity index (χ3v) is 6.40. The van der Waals surface area contributed by atoms with Gasteiger partial charge in [-0.2, -0.15) is 0 Å². The van der Waals surface area contributed by atoms with Crippen LogP contribution in [0.4, 0.5) is 0 Å². The van der Waals surface area contributed by atoms with Gasteiger partial charge in [-0.05, 0) is 29.2 Å². The fraction of sp³-hybridized carbons (Fsp3) is 0.233. The van der Waals surface area contributed by atoms with Crippen molar-refractivity contribution in [3.8, 4) is 0 Å². The van der Waals surface area contributed by atoms with Gasteiger partial charge in [-0.15, -0.1) is 0 Å². The first-order valence-electron chi connectivity index (χ1n) is 12.4. The SMILES string of the molecule is CC(=O)N[C@@](C=O)(Cc1ccccc1)N1C(=O)C(C(C)C)N(C(=O)c2ccccn2)C=C1c1ccccc1. The third-order valence-electron chi connectivity index (χ3n) is 6.40. The Bertz CT molecular complexity index is 1340. The van der Waals surface area contributed by atoms with E-state index < -0.39 is 29.4 Å². The molecule has 1 aliphatic heterocycles. The van der Waals surface area contributed by atoms with E-state index in [0.717, 1.165) is 5.56 Å². The predicted molar refractivity (Wildman–Crippen MR) is 143 cm³/mol. The topological polar surface area (TPSA) is 99.7 Å². The van der Waals surface area contributed by atoms with Gasteiger partial charge >= 0.3 is 0 Å². The Hall–Kier alpha value is -4.59. The molecular formula is C30H30N4O4. The number of pyridine rings is 1. The normalized spacial score (nSPS) is 17.0. The summed E-state index contributed by atoms with van der Waals surface area (Å²) in [6.45, 7) is 4.97. The van der Waals surface area contributed by atoms with E-state index in [1.165, 1.54) is 22.9 Å². The number of amides is 3. The molecule has 194 valence electrons. The summed E-state index contributed by atoms with van der Waals surface area (Å²) < 4.78 is 0. The van der Waals surface area contributed by atoms with Crippen molar-refractivity contribution >= 4 is 29.7 Å². The molecule has 2 aromatic carbocycles. The van der Waals surface area contributed by atoms with Gasteiger partial charge < -0.3 is 5.32 Å². The van der Waals surface area contributed by atoms with E-state index in [4.69, 9.17) is 0 Å². The molecule has 1 N–H and O–H groups in total. The zero-order valence-electron chi connectivity index (χ0n) is 21.6. The van der Waals surface area contributed by atoms with Crippen LogP contribution in [0.1, 0.15) is 42.4 Å². The number of hydrogen-bond acceptors (Lipinski definition) is 5. The van der Waals surface area contributed by atoms with Crippen LogP contribution in [0.15, 0.2) is 91.3 Å². The molecule has 0 saturated carbocycles. The quantitative estimate of drug-likeness (QED) is 0.466. The summed E-state index contributed by atoms with van der Waals surface area (Å²) in [6.07, 6.45) is 3.74. The lowest BCUT2D eigenvalue weighted by atomic mass is 9.91. The first-order chi connectivity index (χ1) is 18.3. The van der Waals surface area contributed by atoms with Crippen molar-refractivity contribution in [2.75, 3.05) is 0 Å². The van der Waals surface area contributed by atoms with Gasteiger partial charge in [0, 0.05) is 25.7 Å². The smallest absolute Gasteiger partial charge is 0.277 e. The van der Waals surface area contributed by atoms with Crippen LogP contribution in [0.25, 0.3) is 5.70 Å². The molecule has 8 nitrogen and oxygen atoms in total. The van der Waals surface area contributed by atoms with Gasteiger partial charge in [-0.25, -0.2) is 0 Å². The lowest BCUT2D eigenvalue weighted by Crippen LogP contribution is -2.68. The van der Waals surface area contributed by atoms with E-state index in [-0.39, 0.29) is 18.0 Å². The van der Waals surface area contributed by atoms with Gasteiger partial charge in [0.25, 0.3) is 11.8 Å². The Kier molecular flexibility index (Phi) is 7.81. The lowest BCUT2D eigenvalue weighted by molar-refractivity contribution is -0.146. The molecule has 1 unspecified atom stereocenters. The van der Waals surface area contributed by atoms with Gasteiger partial charge in [0.15, 0.2) is 11.9 Å². The summed E-state index contributed by atoms with van der Waals surface area (Å²) in [5, 5.41) is 2.77. The van der Waals surface area contributed by atoms with Crippen molar-refractivity contribution in [1.82, 2.24) is 20.1 Å². The van der Waals surface area contributed by atoms with Crippen LogP contribution in [-0.4, -0.2) is 50.5 Å². The molecule has 2 atom stereocenters. The van der Waals surface area contributed by atoms with Crippen LogP contribution >= 0.6 is 0 Å². The Morgan fingerprint density at radius 3 is 2.18 bits per heavy atom. The maximum absolute atomic E-state index is 14.4. The number of aldehydes is 1. The molecule has 38 heavy (non-hydrogen) atoms. The zero-order valence-corrected chi connectivity index (χ0v) is 21.6. The molecule has 0 aliphatic carbocycles. The Balaban J connectivity index is 1.96. The number of benzene rings is 2. The second-order valence-corrected chi connectivity index (χ2v) is 9.56. The van der Waals surface area contributed by atoms with E-state index in [9.17, 15) is 19.2 Å². The largest absolute Gasteiger partial charge is 0.327 e. The molecule has 1 aliphatic rings. The minimum atomic E-state index is -1.74. The molecule has 8 heteroatoms. The molecule has 2 heterocycles. The number of aromatic nitrogens is 1. The Morgan fingerprint density at radius 2 is 1.63 bits per heavy atom. The molecule has 0 radical (unpaired) electrons. The Labute approximate surface area is 222 Å². The second kappa shape index (κ2) is 11.2. The van der Waals surface area contributed by atoms with Crippen LogP contribution in [0.2, 0.25) is 0 Å². The van der Waals surface area contributed by atoms with Gasteiger partial charge in [-0.3, -0.25) is 34.0 Å². The van der Waals surface area contributed by atoms with Crippen LogP contribution in [0, 0.1) is 5.92 Å². The molecule has 0 spiro atoms. The summed E-state index contributed by atoms with van der Waals surface area (Å²) in [4.78, 5) is 60.4. The average molecular weight is 511 g/mol. The van der Waals surface area contributed by atoms with E-state index in [1.54, 1.807) is 48.7 Å². The lowest BCUT2D eigenvalue weighted by Gasteiger charge is -2.48. The molecule has 0 fully saturated rings. The number of carbonyl (C=O) groups excluding carboxylic acids is 4. The van der Waals surface area contributed by atoms with Crippen molar-refractivity contribution < 1.29 is 19.2 Å². The average Bonchev–Trinajstić information content (AvgIpc) is 2.92. The van der Waals surface area contributed by atoms with Gasteiger partial charge in [0.1, 0.15) is 11.7 Å². The minimum absolute atomic E-state index is 0.0336. The summed E-state index contributed by atoms with van der Waals surface area (Å²) >= 11 is 0. The Morgan fingerprint density at radius 1 is 1.00 bits per heavy atom. The van der Waals surface area contributed by atoms with E-state index in [0.29, 0.717) is 17.5 Å². The summed E-state index contributed by atoms with van der Waals surface area (Å²) in [6, 6.07) is 22.2. The van der Waals surface area contributed by atoms with Gasteiger partial charge in [0.2, 0.25) is 5.91 Å². The fourth-order valence-electron chi connectivity index (χ4n) is 4.79. The van der Waals surface area contributed by atoms with Crippen molar-refractivity contribution in [1.29, 1.82) is 0 Å². The minimum Gasteiger partial charge on any atom is -0.327 e. The third kappa shape index (κ3) is 5.25. The molecule has 3 aromatic rings. The number of nitrogens with one attached hydrogen (secondary N) is 1. The zero-order chi connectivity index (χ0) is 27.3. The highest BCUT2D eigenvalue weighted by molar-refractivity contribution is 6.03. The van der Waals surface area contributed by atoms with E-state index in [1.807, 2.05) is 50.2 Å². The van der Waals surface area contributed by atoms with E-state index >= 15 is 0 Å². The fourth-order valence-corrected chi connectivity index (χ4v) is 4.79. The van der Waals surface area contributed by atoms with Crippen molar-refractivity contribution in [2.24, 2.45) is 5.92 Å². The summed E-state index contributed by atoms with van der Waals surface area (Å²) in [5.41, 5.74) is 0.122. The van der Waals surface area contributed by atoms with Crippen molar-refractivity contribution in [3.05, 3.63) is 108 Å². The first-order valence-corrected chi connectivity index (χ1v) is 12.4. The second-order valence-electron chi connectivity index (χ2n) is 9.56. The molecular weight excluding hydrogens is 480 g/mol. The molecule has 0 saturated heterocycles. The van der Waals surface area contributed by atoms with Crippen molar-refractivity contribution in [3.63, 3.8) is 0 Å². The van der Waals surface area contributed by atoms with Crippen LogP contribution < -0.4 is 5.32 Å². The summed E-state index contributed by atoms with van der Waals surface area (Å²) in [5.74, 6) is -1.71. The highest BCUT2D eigenvalue weighted by Gasteiger charge is 2.50. The summed E-state index contributed by atoms with van der Waals surface area (Å²) in [7, 11) is 0. The predicted octanol–water partition coefficient (Wildman–Crippen LogP) is 3.66. The molecule has 4 rings (SSSR count). The van der Waals surface area contributed by atoms with Crippen LogP contribution in [0.5, 0.6) is 0 Å². The molecule has 0 bridgehead atoms. The van der Waals surface area contributed by atoms with Crippen LogP contribution in [0.3, 0.4) is 0 Å². The molecule has 3 amide bonds. The monoisotopic (exact) mass is 510 g/mol. The first kappa shape index (κ1) is 26.5. The van der Waals surface area contributed by atoms with Crippen molar-refractivity contribution in [2.45, 2.75) is 38.9 Å². The van der Waals surface area contributed by atoms with Crippen LogP contribution in [-0.2, 0) is 20.8 Å².